The van der Waals surface area contributed by atoms with Gasteiger partial charge in [-0.1, -0.05) is 36.4 Å². The zero-order chi connectivity index (χ0) is 20.1. The Morgan fingerprint density at radius 2 is 1.83 bits per heavy atom. The molecule has 1 aliphatic rings. The van der Waals surface area contributed by atoms with Crippen LogP contribution in [0.1, 0.15) is 24.0 Å². The van der Waals surface area contributed by atoms with Gasteiger partial charge in [0.1, 0.15) is 0 Å². The molecule has 158 valence electrons. The Morgan fingerprint density at radius 3 is 2.48 bits per heavy atom. The SMILES string of the molecule is COc1ccc(CNC(=O)C(C)N2C[C@@H](N)[C@H](c3ccccc3)C2)cc1OC.Cl. The highest BCUT2D eigenvalue weighted by atomic mass is 35.5. The summed E-state index contributed by atoms with van der Waals surface area (Å²) >= 11 is 0. The third-order valence-electron chi connectivity index (χ3n) is 5.46. The van der Waals surface area contributed by atoms with Crippen molar-refractivity contribution in [3.8, 4) is 11.5 Å². The number of amides is 1. The molecule has 3 atom stereocenters. The number of hydrogen-bond donors (Lipinski definition) is 2. The number of nitrogens with two attached hydrogens (primary N) is 1. The summed E-state index contributed by atoms with van der Waals surface area (Å²) in [6, 6.07) is 15.7. The standard InChI is InChI=1S/C22H29N3O3.ClH/c1-15(25-13-18(19(23)14-25)17-7-5-4-6-8-17)22(26)24-12-16-9-10-20(27-2)21(11-16)28-3;/h4-11,15,18-19H,12-14,23H2,1-3H3,(H,24,26);1H/t15?,18-,19+;/m0./s1. The average molecular weight is 420 g/mol. The Kier molecular flexibility index (Phi) is 8.32. The molecule has 0 aromatic heterocycles. The summed E-state index contributed by atoms with van der Waals surface area (Å²) in [5.74, 6) is 1.57. The molecule has 3 rings (SSSR count). The molecule has 2 aromatic rings. The van der Waals surface area contributed by atoms with Gasteiger partial charge >= 0.3 is 0 Å². The van der Waals surface area contributed by atoms with Crippen LogP contribution in [0.25, 0.3) is 0 Å². The van der Waals surface area contributed by atoms with E-state index in [0.717, 1.165) is 12.1 Å². The molecule has 1 amide bonds. The molecule has 1 saturated heterocycles. The summed E-state index contributed by atoms with van der Waals surface area (Å²) < 4.78 is 10.6. The maximum absolute atomic E-state index is 12.7. The van der Waals surface area contributed by atoms with E-state index in [1.807, 2.05) is 43.3 Å². The van der Waals surface area contributed by atoms with Crippen LogP contribution >= 0.6 is 12.4 Å². The number of carbonyl (C=O) groups is 1. The molecule has 7 heteroatoms. The lowest BCUT2D eigenvalue weighted by atomic mass is 9.95. The van der Waals surface area contributed by atoms with Crippen molar-refractivity contribution in [1.29, 1.82) is 0 Å². The molecule has 0 spiro atoms. The number of methoxy groups -OCH3 is 2. The molecule has 1 unspecified atom stereocenters. The second-order valence-electron chi connectivity index (χ2n) is 7.22. The topological polar surface area (TPSA) is 76.8 Å². The van der Waals surface area contributed by atoms with Crippen molar-refractivity contribution in [2.45, 2.75) is 31.5 Å². The van der Waals surface area contributed by atoms with E-state index in [4.69, 9.17) is 15.2 Å². The van der Waals surface area contributed by atoms with Crippen LogP contribution in [0.2, 0.25) is 0 Å². The molecule has 1 heterocycles. The molecule has 3 N–H and O–H groups in total. The van der Waals surface area contributed by atoms with Gasteiger partial charge in [-0.2, -0.15) is 0 Å². The van der Waals surface area contributed by atoms with Gasteiger partial charge < -0.3 is 20.5 Å². The van der Waals surface area contributed by atoms with Gasteiger partial charge in [0.05, 0.1) is 20.3 Å². The smallest absolute Gasteiger partial charge is 0.237 e. The predicted octanol–water partition coefficient (Wildman–Crippen LogP) is 2.56. The summed E-state index contributed by atoms with van der Waals surface area (Å²) in [5, 5.41) is 3.02. The molecular weight excluding hydrogens is 390 g/mol. The van der Waals surface area contributed by atoms with E-state index in [1.165, 1.54) is 5.56 Å². The van der Waals surface area contributed by atoms with E-state index in [-0.39, 0.29) is 36.3 Å². The second kappa shape index (κ2) is 10.5. The fourth-order valence-electron chi connectivity index (χ4n) is 3.72. The molecular formula is C22H30ClN3O3. The highest BCUT2D eigenvalue weighted by Gasteiger charge is 2.35. The van der Waals surface area contributed by atoms with Gasteiger partial charge in [-0.05, 0) is 30.2 Å². The first-order valence-corrected chi connectivity index (χ1v) is 9.56. The van der Waals surface area contributed by atoms with Crippen molar-refractivity contribution in [2.75, 3.05) is 27.3 Å². The first-order chi connectivity index (χ1) is 13.5. The van der Waals surface area contributed by atoms with Gasteiger partial charge in [0.2, 0.25) is 5.91 Å². The van der Waals surface area contributed by atoms with Gasteiger partial charge in [-0.25, -0.2) is 0 Å². The summed E-state index contributed by atoms with van der Waals surface area (Å²) in [5.41, 5.74) is 8.55. The predicted molar refractivity (Wildman–Crippen MR) is 117 cm³/mol. The number of benzene rings is 2. The minimum atomic E-state index is -0.236. The van der Waals surface area contributed by atoms with Crippen LogP contribution in [0.4, 0.5) is 0 Å². The van der Waals surface area contributed by atoms with Crippen LogP contribution < -0.4 is 20.5 Å². The van der Waals surface area contributed by atoms with Gasteiger partial charge in [0, 0.05) is 31.6 Å². The Labute approximate surface area is 178 Å². The molecule has 29 heavy (non-hydrogen) atoms. The Morgan fingerprint density at radius 1 is 1.14 bits per heavy atom. The molecule has 0 aliphatic carbocycles. The highest BCUT2D eigenvalue weighted by molar-refractivity contribution is 5.85. The molecule has 1 aliphatic heterocycles. The van der Waals surface area contributed by atoms with Crippen LogP contribution in [0.15, 0.2) is 48.5 Å². The van der Waals surface area contributed by atoms with Gasteiger partial charge in [-0.3, -0.25) is 9.69 Å². The van der Waals surface area contributed by atoms with Crippen molar-refractivity contribution in [2.24, 2.45) is 5.73 Å². The van der Waals surface area contributed by atoms with Gasteiger partial charge in [-0.15, -0.1) is 12.4 Å². The Hall–Kier alpha value is -2.28. The number of nitrogens with zero attached hydrogens (tertiary/aromatic N) is 1. The van der Waals surface area contributed by atoms with Gasteiger partial charge in [0.25, 0.3) is 0 Å². The Balaban J connectivity index is 0.00000300. The maximum atomic E-state index is 12.7. The molecule has 0 bridgehead atoms. The Bertz CT molecular complexity index is 803. The van der Waals surface area contributed by atoms with Crippen LogP contribution in [0.3, 0.4) is 0 Å². The number of rotatable bonds is 7. The third kappa shape index (κ3) is 5.41. The van der Waals surface area contributed by atoms with Crippen molar-refractivity contribution < 1.29 is 14.3 Å². The maximum Gasteiger partial charge on any atom is 0.237 e. The minimum absolute atomic E-state index is 0. The molecule has 0 saturated carbocycles. The van der Waals surface area contributed by atoms with E-state index in [1.54, 1.807) is 14.2 Å². The lowest BCUT2D eigenvalue weighted by molar-refractivity contribution is -0.125. The number of hydrogen-bond acceptors (Lipinski definition) is 5. The summed E-state index contributed by atoms with van der Waals surface area (Å²) in [6.45, 7) is 3.87. The normalized spacial score (nSPS) is 19.9. The first-order valence-electron chi connectivity index (χ1n) is 9.56. The fraction of sp³-hybridized carbons (Fsp3) is 0.409. The van der Waals surface area contributed by atoms with E-state index in [2.05, 4.69) is 22.3 Å². The van der Waals surface area contributed by atoms with E-state index >= 15 is 0 Å². The zero-order valence-corrected chi connectivity index (χ0v) is 17.9. The van der Waals surface area contributed by atoms with E-state index < -0.39 is 0 Å². The van der Waals surface area contributed by atoms with Crippen molar-refractivity contribution in [3.63, 3.8) is 0 Å². The van der Waals surface area contributed by atoms with Crippen LogP contribution in [0.5, 0.6) is 11.5 Å². The van der Waals surface area contributed by atoms with Crippen LogP contribution in [0, 0.1) is 0 Å². The number of halogens is 1. The summed E-state index contributed by atoms with van der Waals surface area (Å²) in [7, 11) is 3.20. The van der Waals surface area contributed by atoms with Crippen LogP contribution in [-0.2, 0) is 11.3 Å². The molecule has 1 fully saturated rings. The lowest BCUT2D eigenvalue weighted by Gasteiger charge is -2.23. The minimum Gasteiger partial charge on any atom is -0.493 e. The molecule has 6 nitrogen and oxygen atoms in total. The van der Waals surface area contributed by atoms with Crippen molar-refractivity contribution in [3.05, 3.63) is 59.7 Å². The highest BCUT2D eigenvalue weighted by Crippen LogP contribution is 2.28. The average Bonchev–Trinajstić information content (AvgIpc) is 3.13. The zero-order valence-electron chi connectivity index (χ0n) is 17.1. The van der Waals surface area contributed by atoms with E-state index in [9.17, 15) is 4.79 Å². The largest absolute Gasteiger partial charge is 0.493 e. The van der Waals surface area contributed by atoms with Crippen molar-refractivity contribution >= 4 is 18.3 Å². The molecule has 0 radical (unpaired) electrons. The lowest BCUT2D eigenvalue weighted by Crippen LogP contribution is -2.44. The molecule has 2 aromatic carbocycles. The van der Waals surface area contributed by atoms with Gasteiger partial charge in [0.15, 0.2) is 11.5 Å². The number of likely N-dealkylation sites (tertiary alicyclic amines) is 1. The number of ether oxygens (including phenoxy) is 2. The summed E-state index contributed by atoms with van der Waals surface area (Å²) in [6.07, 6.45) is 0. The second-order valence-corrected chi connectivity index (χ2v) is 7.22. The fourth-order valence-corrected chi connectivity index (χ4v) is 3.72. The first kappa shape index (κ1) is 23.0. The summed E-state index contributed by atoms with van der Waals surface area (Å²) in [4.78, 5) is 14.8. The third-order valence-corrected chi connectivity index (χ3v) is 5.46. The monoisotopic (exact) mass is 419 g/mol. The van der Waals surface area contributed by atoms with Crippen LogP contribution in [-0.4, -0.2) is 50.2 Å². The van der Waals surface area contributed by atoms with E-state index in [0.29, 0.717) is 24.6 Å². The number of nitrogens with one attached hydrogen (secondary N) is 1. The number of carbonyl (C=O) groups excluding carboxylic acids is 1. The van der Waals surface area contributed by atoms with Crippen molar-refractivity contribution in [1.82, 2.24) is 10.2 Å². The quantitative estimate of drug-likeness (QED) is 0.721.